The lowest BCUT2D eigenvalue weighted by Crippen LogP contribution is -2.54. The van der Waals surface area contributed by atoms with Gasteiger partial charge >= 0.3 is 0 Å². The summed E-state index contributed by atoms with van der Waals surface area (Å²) in [5.74, 6) is -0.101. The van der Waals surface area contributed by atoms with Gasteiger partial charge in [-0.05, 0) is 51.0 Å². The van der Waals surface area contributed by atoms with Gasteiger partial charge in [0, 0.05) is 0 Å². The van der Waals surface area contributed by atoms with Crippen LogP contribution in [0.4, 0.5) is 0 Å². The molecule has 8 heteroatoms. The van der Waals surface area contributed by atoms with Crippen molar-refractivity contribution in [3.63, 3.8) is 0 Å². The summed E-state index contributed by atoms with van der Waals surface area (Å²) in [5.41, 5.74) is -0.213. The van der Waals surface area contributed by atoms with Gasteiger partial charge in [-0.25, -0.2) is 8.42 Å². The zero-order chi connectivity index (χ0) is 21.8. The molecule has 0 saturated carbocycles. The minimum absolute atomic E-state index is 0.0359. The zero-order valence-corrected chi connectivity index (χ0v) is 18.4. The van der Waals surface area contributed by atoms with Crippen molar-refractivity contribution < 1.29 is 22.7 Å². The maximum atomic E-state index is 13.2. The standard InChI is InChI=1S/C21H30N2O5S/c1-15(2)20(21(4,5)25)22-19(24)14-23(13-17-7-6-12-28-17)29(26,27)18-10-8-16(3)9-11-18/h6-12,15,20,25H,13-14H2,1-5H3,(H,22,24)/t20-/m0/s1. The molecular weight excluding hydrogens is 392 g/mol. The van der Waals surface area contributed by atoms with Gasteiger partial charge in [-0.15, -0.1) is 0 Å². The molecule has 1 atom stereocenters. The molecular formula is C21H30N2O5S. The number of nitrogens with one attached hydrogen (secondary N) is 1. The summed E-state index contributed by atoms with van der Waals surface area (Å²) >= 11 is 0. The molecule has 160 valence electrons. The summed E-state index contributed by atoms with van der Waals surface area (Å²) in [6, 6.07) is 9.25. The van der Waals surface area contributed by atoms with Gasteiger partial charge in [-0.3, -0.25) is 4.79 Å². The Kier molecular flexibility index (Phi) is 7.26. The Morgan fingerprint density at radius 2 is 1.83 bits per heavy atom. The van der Waals surface area contributed by atoms with Crippen molar-refractivity contribution in [2.24, 2.45) is 5.92 Å². The quantitative estimate of drug-likeness (QED) is 0.647. The Hall–Kier alpha value is -2.16. The molecule has 2 N–H and O–H groups in total. The first-order valence-electron chi connectivity index (χ1n) is 9.52. The first-order chi connectivity index (χ1) is 13.4. The first kappa shape index (κ1) is 23.1. The van der Waals surface area contributed by atoms with Crippen molar-refractivity contribution in [2.75, 3.05) is 6.54 Å². The molecule has 1 amide bonds. The minimum Gasteiger partial charge on any atom is -0.468 e. The van der Waals surface area contributed by atoms with Crippen LogP contribution in [0.3, 0.4) is 0 Å². The van der Waals surface area contributed by atoms with Crippen LogP contribution in [-0.2, 0) is 21.4 Å². The van der Waals surface area contributed by atoms with E-state index in [1.807, 2.05) is 20.8 Å². The molecule has 2 aromatic rings. The van der Waals surface area contributed by atoms with E-state index in [0.717, 1.165) is 9.87 Å². The molecule has 29 heavy (non-hydrogen) atoms. The third-order valence-corrected chi connectivity index (χ3v) is 6.44. The number of carbonyl (C=O) groups excluding carboxylic acids is 1. The Labute approximate surface area is 172 Å². The lowest BCUT2D eigenvalue weighted by atomic mass is 9.89. The molecule has 0 fully saturated rings. The number of hydrogen-bond donors (Lipinski definition) is 2. The number of aryl methyl sites for hydroxylation is 1. The van der Waals surface area contributed by atoms with Crippen molar-refractivity contribution in [1.82, 2.24) is 9.62 Å². The Bertz CT molecular complexity index is 898. The monoisotopic (exact) mass is 422 g/mol. The second-order valence-corrected chi connectivity index (χ2v) is 10.0. The van der Waals surface area contributed by atoms with Gasteiger partial charge in [0.1, 0.15) is 5.76 Å². The highest BCUT2D eigenvalue weighted by Gasteiger charge is 2.33. The number of aliphatic hydroxyl groups is 1. The first-order valence-corrected chi connectivity index (χ1v) is 11.0. The summed E-state index contributed by atoms with van der Waals surface area (Å²) < 4.78 is 32.7. The maximum absolute atomic E-state index is 13.2. The molecule has 7 nitrogen and oxygen atoms in total. The Morgan fingerprint density at radius 1 is 1.21 bits per heavy atom. The summed E-state index contributed by atoms with van der Waals surface area (Å²) in [4.78, 5) is 12.8. The summed E-state index contributed by atoms with van der Waals surface area (Å²) in [7, 11) is -3.93. The van der Waals surface area contributed by atoms with Gasteiger partial charge in [0.05, 0.1) is 35.9 Å². The van der Waals surface area contributed by atoms with Crippen LogP contribution >= 0.6 is 0 Å². The van der Waals surface area contributed by atoms with Crippen LogP contribution in [0, 0.1) is 12.8 Å². The highest BCUT2D eigenvalue weighted by Crippen LogP contribution is 2.20. The van der Waals surface area contributed by atoms with Crippen LogP contribution in [0.15, 0.2) is 52.0 Å². The van der Waals surface area contributed by atoms with Crippen LogP contribution in [0.1, 0.15) is 39.0 Å². The van der Waals surface area contributed by atoms with Crippen LogP contribution < -0.4 is 5.32 Å². The molecule has 0 aliphatic heterocycles. The van der Waals surface area contributed by atoms with Crippen LogP contribution in [-0.4, -0.2) is 41.9 Å². The molecule has 0 aliphatic rings. The van der Waals surface area contributed by atoms with E-state index in [-0.39, 0.29) is 17.4 Å². The summed E-state index contributed by atoms with van der Waals surface area (Å²) in [6.45, 7) is 8.39. The van der Waals surface area contributed by atoms with E-state index in [2.05, 4.69) is 5.32 Å². The smallest absolute Gasteiger partial charge is 0.243 e. The lowest BCUT2D eigenvalue weighted by molar-refractivity contribution is -0.124. The van der Waals surface area contributed by atoms with E-state index in [1.54, 1.807) is 38.1 Å². The highest BCUT2D eigenvalue weighted by molar-refractivity contribution is 7.89. The molecule has 1 heterocycles. The molecule has 0 radical (unpaired) electrons. The Morgan fingerprint density at radius 3 is 2.31 bits per heavy atom. The van der Waals surface area contributed by atoms with Crippen molar-refractivity contribution >= 4 is 15.9 Å². The number of rotatable bonds is 9. The summed E-state index contributed by atoms with van der Waals surface area (Å²) in [5, 5.41) is 13.1. The number of benzene rings is 1. The second-order valence-electron chi connectivity index (χ2n) is 8.11. The third kappa shape index (κ3) is 6.16. The maximum Gasteiger partial charge on any atom is 0.243 e. The lowest BCUT2D eigenvalue weighted by Gasteiger charge is -2.34. The largest absolute Gasteiger partial charge is 0.468 e. The van der Waals surface area contributed by atoms with Gasteiger partial charge in [0.2, 0.25) is 15.9 Å². The Balaban J connectivity index is 2.28. The van der Waals surface area contributed by atoms with E-state index in [9.17, 15) is 18.3 Å². The predicted molar refractivity (Wildman–Crippen MR) is 111 cm³/mol. The van der Waals surface area contributed by atoms with Crippen LogP contribution in [0.2, 0.25) is 0 Å². The van der Waals surface area contributed by atoms with Gasteiger partial charge in [-0.1, -0.05) is 31.5 Å². The van der Waals surface area contributed by atoms with Gasteiger partial charge in [-0.2, -0.15) is 4.31 Å². The van der Waals surface area contributed by atoms with Crippen LogP contribution in [0.5, 0.6) is 0 Å². The molecule has 0 unspecified atom stereocenters. The zero-order valence-electron chi connectivity index (χ0n) is 17.5. The normalized spacial score (nSPS) is 13.7. The van der Waals surface area contributed by atoms with Crippen molar-refractivity contribution in [3.8, 4) is 0 Å². The fourth-order valence-electron chi connectivity index (χ4n) is 3.20. The molecule has 0 aliphatic carbocycles. The third-order valence-electron chi connectivity index (χ3n) is 4.64. The van der Waals surface area contributed by atoms with Gasteiger partial charge in [0.25, 0.3) is 0 Å². The molecule has 2 rings (SSSR count). The van der Waals surface area contributed by atoms with E-state index < -0.39 is 34.1 Å². The molecule has 1 aromatic heterocycles. The highest BCUT2D eigenvalue weighted by atomic mass is 32.2. The predicted octanol–water partition coefficient (Wildman–Crippen LogP) is 2.69. The van der Waals surface area contributed by atoms with Crippen molar-refractivity contribution in [1.29, 1.82) is 0 Å². The number of amides is 1. The van der Waals surface area contributed by atoms with E-state index in [1.165, 1.54) is 18.4 Å². The number of carbonyl (C=O) groups is 1. The fourth-order valence-corrected chi connectivity index (χ4v) is 4.56. The van der Waals surface area contributed by atoms with E-state index in [4.69, 9.17) is 4.42 Å². The van der Waals surface area contributed by atoms with E-state index in [0.29, 0.717) is 5.76 Å². The van der Waals surface area contributed by atoms with Gasteiger partial charge in [0.15, 0.2) is 0 Å². The minimum atomic E-state index is -3.93. The second kappa shape index (κ2) is 9.11. The van der Waals surface area contributed by atoms with Crippen LogP contribution in [0.25, 0.3) is 0 Å². The average Bonchev–Trinajstić information content (AvgIpc) is 3.11. The molecule has 0 bridgehead atoms. The molecule has 0 saturated heterocycles. The van der Waals surface area contributed by atoms with E-state index >= 15 is 0 Å². The average molecular weight is 423 g/mol. The number of sulfonamides is 1. The topological polar surface area (TPSA) is 99.9 Å². The number of furan rings is 1. The molecule has 0 spiro atoms. The molecule has 1 aromatic carbocycles. The number of nitrogens with zero attached hydrogens (tertiary/aromatic N) is 1. The fraction of sp³-hybridized carbons (Fsp3) is 0.476. The summed E-state index contributed by atoms with van der Waals surface area (Å²) in [6.07, 6.45) is 1.45. The van der Waals surface area contributed by atoms with Crippen molar-refractivity contribution in [2.45, 2.75) is 57.7 Å². The SMILES string of the molecule is Cc1ccc(S(=O)(=O)N(CC(=O)N[C@@H](C(C)C)C(C)(C)O)Cc2ccco2)cc1. The van der Waals surface area contributed by atoms with Crippen molar-refractivity contribution in [3.05, 3.63) is 54.0 Å². The van der Waals surface area contributed by atoms with Gasteiger partial charge < -0.3 is 14.8 Å². The number of hydrogen-bond acceptors (Lipinski definition) is 5.